The van der Waals surface area contributed by atoms with Crippen LogP contribution in [0.1, 0.15) is 24.6 Å². The van der Waals surface area contributed by atoms with Gasteiger partial charge in [-0.15, -0.1) is 0 Å². The van der Waals surface area contributed by atoms with Crippen molar-refractivity contribution in [1.29, 1.82) is 0 Å². The van der Waals surface area contributed by atoms with Gasteiger partial charge in [0.15, 0.2) is 0 Å². The molecule has 1 N–H and O–H groups in total. The van der Waals surface area contributed by atoms with Crippen LogP contribution in [-0.4, -0.2) is 27.1 Å². The van der Waals surface area contributed by atoms with Crippen molar-refractivity contribution in [2.24, 2.45) is 5.92 Å². The summed E-state index contributed by atoms with van der Waals surface area (Å²) >= 11 is 1.13. The Hall–Kier alpha value is -0.520. The highest BCUT2D eigenvalue weighted by molar-refractivity contribution is 6.99. The number of ether oxygens (including phenoxy) is 1. The Labute approximate surface area is 80.9 Å². The SMILES string of the molecule is OC(CC1CCOC1)c1cnsn1. The lowest BCUT2D eigenvalue weighted by molar-refractivity contribution is 0.127. The lowest BCUT2D eigenvalue weighted by atomic mass is 10.00. The van der Waals surface area contributed by atoms with E-state index in [-0.39, 0.29) is 0 Å². The number of aliphatic hydroxyl groups excluding tert-OH is 1. The van der Waals surface area contributed by atoms with Gasteiger partial charge in [-0.05, 0) is 18.8 Å². The molecule has 0 amide bonds. The van der Waals surface area contributed by atoms with E-state index in [1.165, 1.54) is 0 Å². The average molecular weight is 200 g/mol. The van der Waals surface area contributed by atoms with Gasteiger partial charge in [0, 0.05) is 13.2 Å². The van der Waals surface area contributed by atoms with Gasteiger partial charge in [0.25, 0.3) is 0 Å². The molecule has 0 radical (unpaired) electrons. The third-order valence-corrected chi connectivity index (χ3v) is 2.79. The molecule has 1 fully saturated rings. The molecule has 0 aliphatic carbocycles. The minimum atomic E-state index is -0.467. The molecular weight excluding hydrogens is 188 g/mol. The topological polar surface area (TPSA) is 55.2 Å². The second-order valence-electron chi connectivity index (χ2n) is 3.31. The molecule has 1 aliphatic rings. The molecule has 2 heterocycles. The normalized spacial score (nSPS) is 24.8. The predicted octanol–water partition coefficient (Wildman–Crippen LogP) is 0.998. The third kappa shape index (κ3) is 2.24. The lowest BCUT2D eigenvalue weighted by Gasteiger charge is -2.11. The Bertz CT molecular complexity index is 247. The molecule has 1 aromatic rings. The summed E-state index contributed by atoms with van der Waals surface area (Å²) in [5.41, 5.74) is 0.692. The largest absolute Gasteiger partial charge is 0.387 e. The summed E-state index contributed by atoms with van der Waals surface area (Å²) in [7, 11) is 0. The van der Waals surface area contributed by atoms with E-state index in [2.05, 4.69) is 8.75 Å². The van der Waals surface area contributed by atoms with E-state index in [9.17, 15) is 5.11 Å². The molecule has 0 aromatic carbocycles. The quantitative estimate of drug-likeness (QED) is 0.790. The fourth-order valence-corrected chi connectivity index (χ4v) is 1.99. The molecule has 0 spiro atoms. The standard InChI is InChI=1S/C8H12N2O2S/c11-8(7-4-9-13-10-7)3-6-1-2-12-5-6/h4,6,8,11H,1-3,5H2. The van der Waals surface area contributed by atoms with Crippen LogP contribution in [0.15, 0.2) is 6.20 Å². The average Bonchev–Trinajstić information content (AvgIpc) is 2.74. The molecule has 72 valence electrons. The fraction of sp³-hybridized carbons (Fsp3) is 0.750. The van der Waals surface area contributed by atoms with E-state index in [0.29, 0.717) is 11.6 Å². The zero-order chi connectivity index (χ0) is 9.10. The number of aliphatic hydroxyl groups is 1. The second kappa shape index (κ2) is 4.13. The highest BCUT2D eigenvalue weighted by atomic mass is 32.1. The molecule has 1 aliphatic heterocycles. The second-order valence-corrected chi connectivity index (χ2v) is 3.87. The molecule has 2 atom stereocenters. The maximum Gasteiger partial charge on any atom is 0.103 e. The van der Waals surface area contributed by atoms with Crippen LogP contribution in [0.5, 0.6) is 0 Å². The van der Waals surface area contributed by atoms with Crippen molar-refractivity contribution in [3.63, 3.8) is 0 Å². The molecule has 2 unspecified atom stereocenters. The maximum atomic E-state index is 9.72. The van der Waals surface area contributed by atoms with Gasteiger partial charge in [-0.3, -0.25) is 0 Å². The van der Waals surface area contributed by atoms with Crippen LogP contribution >= 0.6 is 11.7 Å². The summed E-state index contributed by atoms with van der Waals surface area (Å²) in [6, 6.07) is 0. The van der Waals surface area contributed by atoms with Gasteiger partial charge < -0.3 is 9.84 Å². The number of nitrogens with zero attached hydrogens (tertiary/aromatic N) is 2. The summed E-state index contributed by atoms with van der Waals surface area (Å²) in [6.07, 6.45) is 2.95. The fourth-order valence-electron chi connectivity index (χ4n) is 1.52. The van der Waals surface area contributed by atoms with Gasteiger partial charge in [-0.2, -0.15) is 8.75 Å². The van der Waals surface area contributed by atoms with E-state index in [1.807, 2.05) is 0 Å². The van der Waals surface area contributed by atoms with E-state index in [1.54, 1.807) is 6.20 Å². The molecule has 1 aromatic heterocycles. The van der Waals surface area contributed by atoms with Crippen molar-refractivity contribution < 1.29 is 9.84 Å². The minimum absolute atomic E-state index is 0.467. The van der Waals surface area contributed by atoms with Crippen LogP contribution in [0.2, 0.25) is 0 Å². The first-order chi connectivity index (χ1) is 6.36. The molecule has 0 saturated carbocycles. The van der Waals surface area contributed by atoms with E-state index in [4.69, 9.17) is 4.74 Å². The third-order valence-electron chi connectivity index (χ3n) is 2.30. The van der Waals surface area contributed by atoms with E-state index < -0.39 is 6.10 Å². The first kappa shape index (κ1) is 9.05. The van der Waals surface area contributed by atoms with Crippen molar-refractivity contribution in [2.75, 3.05) is 13.2 Å². The van der Waals surface area contributed by atoms with Crippen LogP contribution < -0.4 is 0 Å². The van der Waals surface area contributed by atoms with Crippen molar-refractivity contribution in [1.82, 2.24) is 8.75 Å². The predicted molar refractivity (Wildman–Crippen MR) is 48.4 cm³/mol. The van der Waals surface area contributed by atoms with Gasteiger partial charge in [-0.25, -0.2) is 0 Å². The van der Waals surface area contributed by atoms with E-state index >= 15 is 0 Å². The van der Waals surface area contributed by atoms with Crippen molar-refractivity contribution >= 4 is 11.7 Å². The molecule has 0 bridgehead atoms. The number of hydrogen-bond donors (Lipinski definition) is 1. The van der Waals surface area contributed by atoms with Crippen molar-refractivity contribution in [2.45, 2.75) is 18.9 Å². The number of rotatable bonds is 3. The summed E-state index contributed by atoms with van der Waals surface area (Å²) in [6.45, 7) is 1.60. The Morgan fingerprint density at radius 3 is 3.31 bits per heavy atom. The van der Waals surface area contributed by atoms with Crippen LogP contribution in [0.25, 0.3) is 0 Å². The lowest BCUT2D eigenvalue weighted by Crippen LogP contribution is -2.07. The van der Waals surface area contributed by atoms with Crippen LogP contribution in [0, 0.1) is 5.92 Å². The highest BCUT2D eigenvalue weighted by Crippen LogP contribution is 2.25. The highest BCUT2D eigenvalue weighted by Gasteiger charge is 2.21. The first-order valence-corrected chi connectivity index (χ1v) is 5.12. The zero-order valence-corrected chi connectivity index (χ0v) is 8.04. The van der Waals surface area contributed by atoms with Gasteiger partial charge in [0.1, 0.15) is 5.69 Å². The monoisotopic (exact) mass is 200 g/mol. The summed E-state index contributed by atoms with van der Waals surface area (Å²) in [5, 5.41) is 9.72. The molecule has 2 rings (SSSR count). The van der Waals surface area contributed by atoms with Crippen LogP contribution in [0.4, 0.5) is 0 Å². The smallest absolute Gasteiger partial charge is 0.103 e. The first-order valence-electron chi connectivity index (χ1n) is 4.39. The molecule has 5 heteroatoms. The Morgan fingerprint density at radius 2 is 2.69 bits per heavy atom. The zero-order valence-electron chi connectivity index (χ0n) is 7.22. The number of hydrogen-bond acceptors (Lipinski definition) is 5. The van der Waals surface area contributed by atoms with Crippen LogP contribution in [-0.2, 0) is 4.74 Å². The Balaban J connectivity index is 1.87. The molecule has 1 saturated heterocycles. The molecule has 13 heavy (non-hydrogen) atoms. The molecular formula is C8H12N2O2S. The Kier molecular flexibility index (Phi) is 2.87. The maximum absolute atomic E-state index is 9.72. The summed E-state index contributed by atoms with van der Waals surface area (Å²) in [4.78, 5) is 0. The van der Waals surface area contributed by atoms with Crippen molar-refractivity contribution in [3.8, 4) is 0 Å². The summed E-state index contributed by atoms with van der Waals surface area (Å²) < 4.78 is 13.1. The van der Waals surface area contributed by atoms with Gasteiger partial charge in [0.2, 0.25) is 0 Å². The molecule has 4 nitrogen and oxygen atoms in total. The van der Waals surface area contributed by atoms with Gasteiger partial charge in [-0.1, -0.05) is 0 Å². The van der Waals surface area contributed by atoms with Gasteiger partial charge >= 0.3 is 0 Å². The Morgan fingerprint density at radius 1 is 1.77 bits per heavy atom. The number of aromatic nitrogens is 2. The summed E-state index contributed by atoms with van der Waals surface area (Å²) in [5.74, 6) is 0.483. The van der Waals surface area contributed by atoms with Gasteiger partial charge in [0.05, 0.1) is 24.0 Å². The van der Waals surface area contributed by atoms with Crippen molar-refractivity contribution in [3.05, 3.63) is 11.9 Å². The van der Waals surface area contributed by atoms with E-state index in [0.717, 1.165) is 37.8 Å². The van der Waals surface area contributed by atoms with Crippen LogP contribution in [0.3, 0.4) is 0 Å². The minimum Gasteiger partial charge on any atom is -0.387 e.